The summed E-state index contributed by atoms with van der Waals surface area (Å²) in [6.45, 7) is 4.29. The van der Waals surface area contributed by atoms with Crippen molar-refractivity contribution in [1.82, 2.24) is 9.62 Å². The first kappa shape index (κ1) is 19.9. The summed E-state index contributed by atoms with van der Waals surface area (Å²) in [5.41, 5.74) is 0.944. The third-order valence-corrected chi connectivity index (χ3v) is 6.92. The van der Waals surface area contributed by atoms with Crippen LogP contribution in [0.25, 0.3) is 0 Å². The first-order valence-electron chi connectivity index (χ1n) is 8.90. The van der Waals surface area contributed by atoms with E-state index in [1.807, 2.05) is 19.9 Å². The van der Waals surface area contributed by atoms with Crippen molar-refractivity contribution in [3.63, 3.8) is 0 Å². The molecule has 1 unspecified atom stereocenters. The van der Waals surface area contributed by atoms with Gasteiger partial charge in [-0.1, -0.05) is 11.6 Å². The van der Waals surface area contributed by atoms with E-state index in [0.717, 1.165) is 24.2 Å². The van der Waals surface area contributed by atoms with E-state index in [1.165, 1.54) is 28.6 Å². The number of carbonyl (C=O) groups is 1. The van der Waals surface area contributed by atoms with E-state index in [1.54, 1.807) is 0 Å². The predicted octanol–water partition coefficient (Wildman–Crippen LogP) is 3.41. The third kappa shape index (κ3) is 4.36. The first-order chi connectivity index (χ1) is 12.8. The molecule has 146 valence electrons. The molecule has 1 N–H and O–H groups in total. The van der Waals surface area contributed by atoms with Crippen LogP contribution in [0.4, 0.5) is 0 Å². The minimum atomic E-state index is -3.91. The maximum absolute atomic E-state index is 13.4. The SMILES string of the molecule is Cc1cc(CN(C2CCCCNC2=O)S(=O)(=O)c2ccc(Cl)cc2)oc1C. The number of amides is 1. The van der Waals surface area contributed by atoms with Gasteiger partial charge in [0.15, 0.2) is 0 Å². The molecule has 6 nitrogen and oxygen atoms in total. The third-order valence-electron chi connectivity index (χ3n) is 4.80. The molecule has 1 saturated heterocycles. The molecule has 1 fully saturated rings. The molecule has 0 spiro atoms. The van der Waals surface area contributed by atoms with Crippen LogP contribution >= 0.6 is 11.6 Å². The molecule has 27 heavy (non-hydrogen) atoms. The number of furan rings is 1. The molecule has 0 aliphatic carbocycles. The highest BCUT2D eigenvalue weighted by Crippen LogP contribution is 2.27. The van der Waals surface area contributed by atoms with Crippen LogP contribution in [0.1, 0.15) is 36.3 Å². The van der Waals surface area contributed by atoms with Crippen LogP contribution in [0.3, 0.4) is 0 Å². The van der Waals surface area contributed by atoms with Crippen LogP contribution < -0.4 is 5.32 Å². The Bertz CT molecular complexity index is 902. The van der Waals surface area contributed by atoms with Crippen LogP contribution in [0, 0.1) is 13.8 Å². The number of carbonyl (C=O) groups excluding carboxylic acids is 1. The fourth-order valence-corrected chi connectivity index (χ4v) is 4.89. The number of rotatable bonds is 5. The van der Waals surface area contributed by atoms with Gasteiger partial charge in [0.2, 0.25) is 15.9 Å². The minimum absolute atomic E-state index is 0.00226. The van der Waals surface area contributed by atoms with E-state index >= 15 is 0 Å². The summed E-state index contributed by atoms with van der Waals surface area (Å²) in [7, 11) is -3.91. The molecular formula is C19H23ClN2O4S. The van der Waals surface area contributed by atoms with Gasteiger partial charge in [0.25, 0.3) is 0 Å². The topological polar surface area (TPSA) is 79.6 Å². The van der Waals surface area contributed by atoms with Gasteiger partial charge in [0.05, 0.1) is 11.4 Å². The van der Waals surface area contributed by atoms with Crippen molar-refractivity contribution in [1.29, 1.82) is 0 Å². The molecule has 0 bridgehead atoms. The lowest BCUT2D eigenvalue weighted by atomic mass is 10.1. The molecule has 0 saturated carbocycles. The molecular weight excluding hydrogens is 388 g/mol. The second kappa shape index (κ2) is 8.04. The van der Waals surface area contributed by atoms with Gasteiger partial charge < -0.3 is 9.73 Å². The van der Waals surface area contributed by atoms with Crippen molar-refractivity contribution < 1.29 is 17.6 Å². The summed E-state index contributed by atoms with van der Waals surface area (Å²) in [6.07, 6.45) is 2.07. The number of aryl methyl sites for hydroxylation is 2. The average Bonchev–Trinajstić information content (AvgIpc) is 2.80. The quantitative estimate of drug-likeness (QED) is 0.819. The monoisotopic (exact) mass is 410 g/mol. The van der Waals surface area contributed by atoms with E-state index in [2.05, 4.69) is 5.32 Å². The highest BCUT2D eigenvalue weighted by Gasteiger charge is 2.37. The Labute approximate surface area is 164 Å². The lowest BCUT2D eigenvalue weighted by Gasteiger charge is -2.28. The number of nitrogens with one attached hydrogen (secondary N) is 1. The Hall–Kier alpha value is -1.83. The summed E-state index contributed by atoms with van der Waals surface area (Å²) >= 11 is 5.90. The van der Waals surface area contributed by atoms with E-state index < -0.39 is 16.1 Å². The van der Waals surface area contributed by atoms with Gasteiger partial charge in [0.1, 0.15) is 17.6 Å². The van der Waals surface area contributed by atoms with Gasteiger partial charge in [-0.3, -0.25) is 4.79 Å². The molecule has 1 aromatic carbocycles. The summed E-state index contributed by atoms with van der Waals surface area (Å²) in [5, 5.41) is 3.26. The number of sulfonamides is 1. The highest BCUT2D eigenvalue weighted by atomic mass is 35.5. The second-order valence-electron chi connectivity index (χ2n) is 6.76. The Morgan fingerprint density at radius 3 is 2.56 bits per heavy atom. The largest absolute Gasteiger partial charge is 0.465 e. The minimum Gasteiger partial charge on any atom is -0.465 e. The fraction of sp³-hybridized carbons (Fsp3) is 0.421. The number of nitrogens with zero attached hydrogens (tertiary/aromatic N) is 1. The van der Waals surface area contributed by atoms with Crippen LogP contribution in [-0.2, 0) is 21.4 Å². The zero-order valence-corrected chi connectivity index (χ0v) is 16.9. The van der Waals surface area contributed by atoms with E-state index in [-0.39, 0.29) is 17.3 Å². The molecule has 1 aromatic heterocycles. The second-order valence-corrected chi connectivity index (χ2v) is 9.09. The van der Waals surface area contributed by atoms with Crippen molar-refractivity contribution in [3.8, 4) is 0 Å². The summed E-state index contributed by atoms with van der Waals surface area (Å²) in [6, 6.07) is 7.01. The molecule has 1 atom stereocenters. The number of hydrogen-bond acceptors (Lipinski definition) is 4. The Balaban J connectivity index is 2.02. The van der Waals surface area contributed by atoms with Crippen LogP contribution in [0.5, 0.6) is 0 Å². The van der Waals surface area contributed by atoms with Gasteiger partial charge in [0, 0.05) is 11.6 Å². The summed E-state index contributed by atoms with van der Waals surface area (Å²) in [5.74, 6) is 0.976. The Kier molecular flexibility index (Phi) is 5.93. The smallest absolute Gasteiger partial charge is 0.244 e. The first-order valence-corrected chi connectivity index (χ1v) is 10.7. The van der Waals surface area contributed by atoms with Gasteiger partial charge in [-0.15, -0.1) is 0 Å². The molecule has 1 aliphatic heterocycles. The van der Waals surface area contributed by atoms with Crippen molar-refractivity contribution in [2.45, 2.75) is 50.6 Å². The molecule has 2 heterocycles. The Morgan fingerprint density at radius 1 is 1.22 bits per heavy atom. The van der Waals surface area contributed by atoms with E-state index in [9.17, 15) is 13.2 Å². The molecule has 1 amide bonds. The van der Waals surface area contributed by atoms with Gasteiger partial charge >= 0.3 is 0 Å². The summed E-state index contributed by atoms with van der Waals surface area (Å²) in [4.78, 5) is 12.7. The average molecular weight is 411 g/mol. The lowest BCUT2D eigenvalue weighted by molar-refractivity contribution is -0.124. The molecule has 8 heteroatoms. The zero-order valence-electron chi connectivity index (χ0n) is 15.4. The lowest BCUT2D eigenvalue weighted by Crippen LogP contribution is -2.48. The zero-order chi connectivity index (χ0) is 19.6. The van der Waals surface area contributed by atoms with Crippen LogP contribution in [0.2, 0.25) is 5.02 Å². The van der Waals surface area contributed by atoms with Crippen molar-refractivity contribution in [2.24, 2.45) is 0 Å². The van der Waals surface area contributed by atoms with Gasteiger partial charge in [-0.05, 0) is 69.0 Å². The number of benzene rings is 1. The molecule has 2 aromatic rings. The molecule has 1 aliphatic rings. The van der Waals surface area contributed by atoms with Gasteiger partial charge in [-0.2, -0.15) is 4.31 Å². The standard InChI is InChI=1S/C19H23ClN2O4S/c1-13-11-16(26-14(13)2)12-22(18-5-3-4-10-21-19(18)23)27(24,25)17-8-6-15(20)7-9-17/h6-9,11,18H,3-5,10,12H2,1-2H3,(H,21,23). The van der Waals surface area contributed by atoms with Crippen LogP contribution in [0.15, 0.2) is 39.6 Å². The van der Waals surface area contributed by atoms with Crippen molar-refractivity contribution in [3.05, 3.63) is 52.4 Å². The maximum Gasteiger partial charge on any atom is 0.244 e. The van der Waals surface area contributed by atoms with Gasteiger partial charge in [-0.25, -0.2) is 8.42 Å². The Morgan fingerprint density at radius 2 is 1.93 bits per heavy atom. The summed E-state index contributed by atoms with van der Waals surface area (Å²) < 4.78 is 33.7. The van der Waals surface area contributed by atoms with Crippen molar-refractivity contribution >= 4 is 27.5 Å². The predicted molar refractivity (Wildman–Crippen MR) is 103 cm³/mol. The molecule has 0 radical (unpaired) electrons. The number of halogens is 1. The fourth-order valence-electron chi connectivity index (χ4n) is 3.18. The highest BCUT2D eigenvalue weighted by molar-refractivity contribution is 7.89. The van der Waals surface area contributed by atoms with Crippen LogP contribution in [-0.4, -0.2) is 31.2 Å². The number of hydrogen-bond donors (Lipinski definition) is 1. The maximum atomic E-state index is 13.4. The normalized spacial score (nSPS) is 18.4. The molecule has 3 rings (SSSR count). The van der Waals surface area contributed by atoms with Crippen molar-refractivity contribution in [2.75, 3.05) is 6.54 Å². The van der Waals surface area contributed by atoms with E-state index in [0.29, 0.717) is 23.7 Å². The van der Waals surface area contributed by atoms with E-state index in [4.69, 9.17) is 16.0 Å².